The van der Waals surface area contributed by atoms with Crippen molar-refractivity contribution in [3.05, 3.63) is 23.3 Å². The normalized spacial score (nSPS) is 13.9. The van der Waals surface area contributed by atoms with Gasteiger partial charge in [-0.2, -0.15) is 0 Å². The second-order valence-electron chi connectivity index (χ2n) is 3.74. The van der Waals surface area contributed by atoms with Crippen LogP contribution in [0.1, 0.15) is 17.5 Å². The molecule has 3 nitrogen and oxygen atoms in total. The number of fused-ring (bicyclic) bond motifs is 1. The minimum atomic E-state index is -0.511. The third-order valence-corrected chi connectivity index (χ3v) is 2.54. The molecule has 0 aliphatic carbocycles. The average molecular weight is 226 g/mol. The number of aliphatic hydroxyl groups excluding tert-OH is 1. The van der Waals surface area contributed by atoms with Gasteiger partial charge in [0.05, 0.1) is 0 Å². The van der Waals surface area contributed by atoms with Crippen molar-refractivity contribution in [2.75, 3.05) is 19.8 Å². The summed E-state index contributed by atoms with van der Waals surface area (Å²) >= 11 is 0. The van der Waals surface area contributed by atoms with Gasteiger partial charge in [-0.15, -0.1) is 0 Å². The van der Waals surface area contributed by atoms with Crippen LogP contribution in [0.3, 0.4) is 0 Å². The van der Waals surface area contributed by atoms with Gasteiger partial charge in [-0.1, -0.05) is 0 Å². The number of aliphatic hydroxyl groups is 1. The van der Waals surface area contributed by atoms with Gasteiger partial charge in [-0.3, -0.25) is 0 Å². The van der Waals surface area contributed by atoms with Crippen molar-refractivity contribution < 1.29 is 19.0 Å². The lowest BCUT2D eigenvalue weighted by molar-refractivity contribution is 0.169. The van der Waals surface area contributed by atoms with Crippen LogP contribution in [0.5, 0.6) is 11.5 Å². The highest BCUT2D eigenvalue weighted by atomic mass is 19.1. The number of ether oxygens (including phenoxy) is 2. The molecule has 0 fully saturated rings. The summed E-state index contributed by atoms with van der Waals surface area (Å²) in [5.74, 6) is 1.33. The van der Waals surface area contributed by atoms with Crippen LogP contribution in [-0.4, -0.2) is 24.9 Å². The maximum Gasteiger partial charge on any atom is 0.164 e. The molecule has 0 radical (unpaired) electrons. The first-order chi connectivity index (χ1) is 7.85. The summed E-state index contributed by atoms with van der Waals surface area (Å²) in [6, 6.07) is 3.46. The van der Waals surface area contributed by atoms with Gasteiger partial charge in [-0.25, -0.2) is 4.39 Å². The zero-order valence-electron chi connectivity index (χ0n) is 9.04. The maximum atomic E-state index is 12.7. The molecule has 1 aliphatic heterocycles. The van der Waals surface area contributed by atoms with Crippen LogP contribution in [-0.2, 0) is 13.1 Å². The lowest BCUT2D eigenvalue weighted by atomic mass is 10.0. The van der Waals surface area contributed by atoms with Crippen molar-refractivity contribution in [1.29, 1.82) is 0 Å². The van der Waals surface area contributed by atoms with Crippen LogP contribution in [0.25, 0.3) is 0 Å². The monoisotopic (exact) mass is 226 g/mol. The Bertz CT molecular complexity index is 366. The minimum absolute atomic E-state index is 0.121. The van der Waals surface area contributed by atoms with Gasteiger partial charge in [0, 0.05) is 6.61 Å². The van der Waals surface area contributed by atoms with E-state index < -0.39 is 6.67 Å². The Morgan fingerprint density at radius 2 is 2.06 bits per heavy atom. The number of hydrogen-bond donors (Lipinski definition) is 1. The molecule has 0 spiro atoms. The van der Waals surface area contributed by atoms with Crippen molar-refractivity contribution in [2.24, 2.45) is 0 Å². The van der Waals surface area contributed by atoms with E-state index in [4.69, 9.17) is 14.6 Å². The molecule has 16 heavy (non-hydrogen) atoms. The van der Waals surface area contributed by atoms with Crippen LogP contribution in [0.15, 0.2) is 12.1 Å². The fraction of sp³-hybridized carbons (Fsp3) is 0.500. The average Bonchev–Trinajstić information content (AvgIpc) is 2.35. The fourth-order valence-corrected chi connectivity index (χ4v) is 1.82. The van der Waals surface area contributed by atoms with Crippen molar-refractivity contribution in [1.82, 2.24) is 0 Å². The molecule has 1 aromatic carbocycles. The maximum absolute atomic E-state index is 12.7. The molecule has 1 heterocycles. The Kier molecular flexibility index (Phi) is 3.62. The lowest BCUT2D eigenvalue weighted by Gasteiger charge is -2.21. The van der Waals surface area contributed by atoms with Crippen LogP contribution in [0, 0.1) is 0 Å². The standard InChI is InChI=1S/C12H15FO3/c13-8-9-6-10(2-1-3-14)12-11(7-9)15-4-5-16-12/h6-7,14H,1-5,8H2. The topological polar surface area (TPSA) is 38.7 Å². The van der Waals surface area contributed by atoms with Gasteiger partial charge in [0.25, 0.3) is 0 Å². The Morgan fingerprint density at radius 3 is 2.81 bits per heavy atom. The number of halogens is 1. The first kappa shape index (κ1) is 11.2. The first-order valence-electron chi connectivity index (χ1n) is 5.43. The third kappa shape index (κ3) is 2.27. The number of hydrogen-bond acceptors (Lipinski definition) is 3. The number of rotatable bonds is 4. The van der Waals surface area contributed by atoms with Gasteiger partial charge in [0.15, 0.2) is 11.5 Å². The van der Waals surface area contributed by atoms with E-state index in [0.717, 1.165) is 5.56 Å². The first-order valence-corrected chi connectivity index (χ1v) is 5.43. The van der Waals surface area contributed by atoms with E-state index in [9.17, 15) is 4.39 Å². The van der Waals surface area contributed by atoms with Gasteiger partial charge in [0.2, 0.25) is 0 Å². The molecule has 1 N–H and O–H groups in total. The van der Waals surface area contributed by atoms with E-state index in [1.165, 1.54) is 0 Å². The molecule has 1 aromatic rings. The molecular formula is C12H15FO3. The number of alkyl halides is 1. The molecular weight excluding hydrogens is 211 g/mol. The molecule has 88 valence electrons. The van der Waals surface area contributed by atoms with E-state index in [1.54, 1.807) is 12.1 Å². The van der Waals surface area contributed by atoms with Gasteiger partial charge >= 0.3 is 0 Å². The van der Waals surface area contributed by atoms with Crippen molar-refractivity contribution in [2.45, 2.75) is 19.5 Å². The molecule has 0 amide bonds. The molecule has 0 bridgehead atoms. The van der Waals surface area contributed by atoms with Gasteiger partial charge < -0.3 is 14.6 Å². The van der Waals surface area contributed by atoms with Crippen molar-refractivity contribution in [3.8, 4) is 11.5 Å². The summed E-state index contributed by atoms with van der Waals surface area (Å²) in [5.41, 5.74) is 1.51. The highest BCUT2D eigenvalue weighted by Gasteiger charge is 2.17. The van der Waals surface area contributed by atoms with E-state index >= 15 is 0 Å². The Hall–Kier alpha value is -1.29. The molecule has 1 aliphatic rings. The molecule has 2 rings (SSSR count). The summed E-state index contributed by atoms with van der Waals surface area (Å²) in [5, 5.41) is 8.81. The smallest absolute Gasteiger partial charge is 0.164 e. The summed E-state index contributed by atoms with van der Waals surface area (Å²) < 4.78 is 23.6. The second-order valence-corrected chi connectivity index (χ2v) is 3.74. The molecule has 0 unspecified atom stereocenters. The number of benzene rings is 1. The Balaban J connectivity index is 2.31. The quantitative estimate of drug-likeness (QED) is 0.851. The molecule has 4 heteroatoms. The van der Waals surface area contributed by atoms with Gasteiger partial charge in [-0.05, 0) is 36.1 Å². The summed E-state index contributed by atoms with van der Waals surface area (Å²) in [4.78, 5) is 0. The van der Waals surface area contributed by atoms with Crippen LogP contribution >= 0.6 is 0 Å². The molecule has 0 aromatic heterocycles. The summed E-state index contributed by atoms with van der Waals surface area (Å²) in [7, 11) is 0. The lowest BCUT2D eigenvalue weighted by Crippen LogP contribution is -2.17. The van der Waals surface area contributed by atoms with E-state index in [0.29, 0.717) is 43.1 Å². The van der Waals surface area contributed by atoms with E-state index in [1.807, 2.05) is 0 Å². The zero-order chi connectivity index (χ0) is 11.4. The summed E-state index contributed by atoms with van der Waals surface area (Å²) in [6.07, 6.45) is 1.32. The molecule has 0 saturated carbocycles. The molecule has 0 saturated heterocycles. The van der Waals surface area contributed by atoms with Crippen LogP contribution in [0.2, 0.25) is 0 Å². The van der Waals surface area contributed by atoms with Crippen LogP contribution in [0.4, 0.5) is 4.39 Å². The Morgan fingerprint density at radius 1 is 1.25 bits per heavy atom. The van der Waals surface area contributed by atoms with Gasteiger partial charge in [0.1, 0.15) is 19.9 Å². The van der Waals surface area contributed by atoms with E-state index in [2.05, 4.69) is 0 Å². The van der Waals surface area contributed by atoms with Crippen molar-refractivity contribution >= 4 is 0 Å². The highest BCUT2D eigenvalue weighted by molar-refractivity contribution is 5.50. The minimum Gasteiger partial charge on any atom is -0.486 e. The summed E-state index contributed by atoms with van der Waals surface area (Å²) in [6.45, 7) is 0.633. The predicted octanol–water partition coefficient (Wildman–Crippen LogP) is 1.85. The fourth-order valence-electron chi connectivity index (χ4n) is 1.82. The third-order valence-electron chi connectivity index (χ3n) is 2.54. The van der Waals surface area contributed by atoms with E-state index in [-0.39, 0.29) is 6.61 Å². The predicted molar refractivity (Wildman–Crippen MR) is 57.7 cm³/mol. The number of aryl methyl sites for hydroxylation is 1. The molecule has 0 atom stereocenters. The highest BCUT2D eigenvalue weighted by Crippen LogP contribution is 2.36. The van der Waals surface area contributed by atoms with Crippen LogP contribution < -0.4 is 9.47 Å². The zero-order valence-corrected chi connectivity index (χ0v) is 9.04. The van der Waals surface area contributed by atoms with Crippen molar-refractivity contribution in [3.63, 3.8) is 0 Å². The second kappa shape index (κ2) is 5.16. The SMILES string of the molecule is OCCCc1cc(CF)cc2c1OCCO2. The Labute approximate surface area is 93.8 Å². The largest absolute Gasteiger partial charge is 0.486 e.